The van der Waals surface area contributed by atoms with E-state index < -0.39 is 4.92 Å². The van der Waals surface area contributed by atoms with E-state index in [1.165, 1.54) is 12.1 Å². The summed E-state index contributed by atoms with van der Waals surface area (Å²) in [6.45, 7) is 1.50. The van der Waals surface area contributed by atoms with Crippen LogP contribution in [-0.4, -0.2) is 17.4 Å². The number of amides is 1. The number of nitrogens with one attached hydrogen (secondary N) is 1. The van der Waals surface area contributed by atoms with E-state index in [0.717, 1.165) is 11.6 Å². The van der Waals surface area contributed by atoms with Crippen LogP contribution in [0.2, 0.25) is 15.1 Å². The van der Waals surface area contributed by atoms with Gasteiger partial charge in [-0.25, -0.2) is 0 Å². The van der Waals surface area contributed by atoms with Crippen LogP contribution in [0.15, 0.2) is 36.4 Å². The first-order chi connectivity index (χ1) is 11.8. The smallest absolute Gasteiger partial charge is 0.271 e. The fourth-order valence-electron chi connectivity index (χ4n) is 2.01. The van der Waals surface area contributed by atoms with Crippen LogP contribution < -0.4 is 10.1 Å². The Morgan fingerprint density at radius 2 is 1.88 bits per heavy atom. The zero-order valence-corrected chi connectivity index (χ0v) is 15.2. The van der Waals surface area contributed by atoms with Crippen molar-refractivity contribution < 1.29 is 14.5 Å². The highest BCUT2D eigenvalue weighted by atomic mass is 35.5. The van der Waals surface area contributed by atoms with E-state index in [0.29, 0.717) is 10.0 Å². The highest BCUT2D eigenvalue weighted by molar-refractivity contribution is 6.42. The average Bonchev–Trinajstić information content (AvgIpc) is 2.55. The molecule has 1 atom stereocenters. The van der Waals surface area contributed by atoms with Crippen LogP contribution in [0.4, 0.5) is 5.69 Å². The van der Waals surface area contributed by atoms with Crippen LogP contribution in [0.5, 0.6) is 5.75 Å². The molecule has 0 spiro atoms. The standard InChI is InChI=1S/C16H13Cl3N2O4/c1-9(10-2-4-12(17)13(18)6-10)20-16(22)8-25-15-5-3-11(21(23)24)7-14(15)19/h2-7,9H,8H2,1H3,(H,20,22). The van der Waals surface area contributed by atoms with E-state index in [1.807, 2.05) is 0 Å². The lowest BCUT2D eigenvalue weighted by molar-refractivity contribution is -0.384. The van der Waals surface area contributed by atoms with Crippen LogP contribution in [0, 0.1) is 10.1 Å². The van der Waals surface area contributed by atoms with Crippen molar-refractivity contribution in [1.82, 2.24) is 5.32 Å². The third-order valence-electron chi connectivity index (χ3n) is 3.31. The third-order valence-corrected chi connectivity index (χ3v) is 4.34. The van der Waals surface area contributed by atoms with Crippen molar-refractivity contribution in [2.45, 2.75) is 13.0 Å². The van der Waals surface area contributed by atoms with Crippen molar-refractivity contribution in [3.8, 4) is 5.75 Å². The van der Waals surface area contributed by atoms with Crippen LogP contribution in [0.25, 0.3) is 0 Å². The molecule has 1 unspecified atom stereocenters. The molecule has 0 aliphatic carbocycles. The summed E-state index contributed by atoms with van der Waals surface area (Å²) in [5.74, 6) is -0.197. The number of hydrogen-bond acceptors (Lipinski definition) is 4. The van der Waals surface area contributed by atoms with Crippen LogP contribution in [0.1, 0.15) is 18.5 Å². The predicted molar refractivity (Wildman–Crippen MR) is 96.6 cm³/mol. The number of ether oxygens (including phenoxy) is 1. The minimum atomic E-state index is -0.568. The molecule has 1 amide bonds. The number of carbonyl (C=O) groups is 1. The van der Waals surface area contributed by atoms with Gasteiger partial charge in [0.2, 0.25) is 0 Å². The first-order valence-corrected chi connectivity index (χ1v) is 8.22. The molecule has 0 saturated heterocycles. The van der Waals surface area contributed by atoms with Gasteiger partial charge in [-0.1, -0.05) is 40.9 Å². The van der Waals surface area contributed by atoms with E-state index >= 15 is 0 Å². The molecular formula is C16H13Cl3N2O4. The van der Waals surface area contributed by atoms with Crippen molar-refractivity contribution in [3.63, 3.8) is 0 Å². The van der Waals surface area contributed by atoms with Gasteiger partial charge in [-0.05, 0) is 30.7 Å². The minimum absolute atomic E-state index is 0.0551. The Balaban J connectivity index is 1.94. The molecule has 1 N–H and O–H groups in total. The molecule has 9 heteroatoms. The summed E-state index contributed by atoms with van der Waals surface area (Å²) in [7, 11) is 0. The molecule has 2 aromatic carbocycles. The molecule has 6 nitrogen and oxygen atoms in total. The number of nitrogens with zero attached hydrogens (tertiary/aromatic N) is 1. The van der Waals surface area contributed by atoms with Crippen LogP contribution >= 0.6 is 34.8 Å². The summed E-state index contributed by atoms with van der Waals surface area (Å²) >= 11 is 17.7. The van der Waals surface area contributed by atoms with E-state index in [2.05, 4.69) is 5.32 Å². The Labute approximate surface area is 158 Å². The number of nitro benzene ring substituents is 1. The number of nitro groups is 1. The Bertz CT molecular complexity index is 814. The van der Waals surface area contributed by atoms with Gasteiger partial charge in [0, 0.05) is 12.1 Å². The second kappa shape index (κ2) is 8.38. The lowest BCUT2D eigenvalue weighted by atomic mass is 10.1. The highest BCUT2D eigenvalue weighted by Gasteiger charge is 2.14. The summed E-state index contributed by atoms with van der Waals surface area (Å²) in [4.78, 5) is 22.1. The van der Waals surface area contributed by atoms with E-state index in [9.17, 15) is 14.9 Å². The molecule has 0 heterocycles. The van der Waals surface area contributed by atoms with Gasteiger partial charge in [0.05, 0.1) is 26.0 Å². The predicted octanol–water partition coefficient (Wildman–Crippen LogP) is 4.81. The zero-order valence-electron chi connectivity index (χ0n) is 13.0. The van der Waals surface area contributed by atoms with Gasteiger partial charge in [0.1, 0.15) is 5.75 Å². The fourth-order valence-corrected chi connectivity index (χ4v) is 2.55. The molecule has 0 radical (unpaired) electrons. The summed E-state index contributed by atoms with van der Waals surface area (Å²) in [6.07, 6.45) is 0. The second-order valence-corrected chi connectivity index (χ2v) is 6.34. The third kappa shape index (κ3) is 5.22. The largest absolute Gasteiger partial charge is 0.482 e. The molecule has 0 aromatic heterocycles. The van der Waals surface area contributed by atoms with Gasteiger partial charge < -0.3 is 10.1 Å². The quantitative estimate of drug-likeness (QED) is 0.554. The zero-order chi connectivity index (χ0) is 18.6. The first-order valence-electron chi connectivity index (χ1n) is 7.09. The molecule has 0 saturated carbocycles. The fraction of sp³-hybridized carbons (Fsp3) is 0.188. The van der Waals surface area contributed by atoms with Gasteiger partial charge in [-0.2, -0.15) is 0 Å². The van der Waals surface area contributed by atoms with Gasteiger partial charge in [-0.15, -0.1) is 0 Å². The Morgan fingerprint density at radius 3 is 2.48 bits per heavy atom. The lowest BCUT2D eigenvalue weighted by Crippen LogP contribution is -2.31. The number of benzene rings is 2. The highest BCUT2D eigenvalue weighted by Crippen LogP contribution is 2.29. The molecule has 2 rings (SSSR count). The van der Waals surface area contributed by atoms with Crippen molar-refractivity contribution in [2.24, 2.45) is 0 Å². The number of rotatable bonds is 6. The molecule has 0 bridgehead atoms. The minimum Gasteiger partial charge on any atom is -0.482 e. The Hall–Kier alpha value is -2.02. The number of halogens is 3. The summed E-state index contributed by atoms with van der Waals surface area (Å²) in [5, 5.41) is 14.3. The summed E-state index contributed by atoms with van der Waals surface area (Å²) in [5.41, 5.74) is 0.631. The molecule has 0 fully saturated rings. The van der Waals surface area contributed by atoms with Crippen molar-refractivity contribution >= 4 is 46.4 Å². The number of hydrogen-bond donors (Lipinski definition) is 1. The van der Waals surface area contributed by atoms with Crippen LogP contribution in [-0.2, 0) is 4.79 Å². The molecule has 2 aromatic rings. The molecule has 0 aliphatic heterocycles. The lowest BCUT2D eigenvalue weighted by Gasteiger charge is -2.15. The average molecular weight is 404 g/mol. The van der Waals surface area contributed by atoms with Gasteiger partial charge in [-0.3, -0.25) is 14.9 Å². The number of carbonyl (C=O) groups excluding carboxylic acids is 1. The summed E-state index contributed by atoms with van der Waals surface area (Å²) < 4.78 is 5.30. The molecular weight excluding hydrogens is 391 g/mol. The maximum atomic E-state index is 12.0. The van der Waals surface area contributed by atoms with E-state index in [4.69, 9.17) is 39.5 Å². The molecule has 25 heavy (non-hydrogen) atoms. The number of non-ortho nitro benzene ring substituents is 1. The molecule has 0 aliphatic rings. The Morgan fingerprint density at radius 1 is 1.16 bits per heavy atom. The van der Waals surface area contributed by atoms with Crippen molar-refractivity contribution in [2.75, 3.05) is 6.61 Å². The Kier molecular flexibility index (Phi) is 6.47. The van der Waals surface area contributed by atoms with Gasteiger partial charge in [0.15, 0.2) is 6.61 Å². The van der Waals surface area contributed by atoms with Crippen LogP contribution in [0.3, 0.4) is 0 Å². The SMILES string of the molecule is CC(NC(=O)COc1ccc([N+](=O)[O-])cc1Cl)c1ccc(Cl)c(Cl)c1. The first kappa shape index (κ1) is 19.3. The van der Waals surface area contributed by atoms with Gasteiger partial charge >= 0.3 is 0 Å². The normalized spacial score (nSPS) is 11.7. The van der Waals surface area contributed by atoms with E-state index in [-0.39, 0.29) is 35.0 Å². The monoisotopic (exact) mass is 402 g/mol. The molecule has 132 valence electrons. The maximum absolute atomic E-state index is 12.0. The second-order valence-electron chi connectivity index (χ2n) is 5.12. The maximum Gasteiger partial charge on any atom is 0.271 e. The van der Waals surface area contributed by atoms with Crippen molar-refractivity contribution in [1.29, 1.82) is 0 Å². The topological polar surface area (TPSA) is 81.5 Å². The van der Waals surface area contributed by atoms with Crippen molar-refractivity contribution in [3.05, 3.63) is 67.1 Å². The van der Waals surface area contributed by atoms with Gasteiger partial charge in [0.25, 0.3) is 11.6 Å². The summed E-state index contributed by atoms with van der Waals surface area (Å²) in [6, 6.07) is 8.52. The van der Waals surface area contributed by atoms with E-state index in [1.54, 1.807) is 25.1 Å².